The van der Waals surface area contributed by atoms with Gasteiger partial charge in [0, 0.05) is 0 Å². The molecule has 0 aromatic heterocycles. The van der Waals surface area contributed by atoms with Crippen LogP contribution in [0.1, 0.15) is 26.2 Å². The van der Waals surface area contributed by atoms with Crippen molar-refractivity contribution in [1.29, 1.82) is 0 Å². The molecule has 0 fully saturated rings. The topological polar surface area (TPSA) is 29.5 Å². The van der Waals surface area contributed by atoms with Crippen molar-refractivity contribution in [2.45, 2.75) is 26.2 Å². The Hall–Kier alpha value is -1.35. The largest absolute Gasteiger partial charge is 0.276 e. The number of rotatable bonds is 7. The molecular weight excluding hydrogens is 190 g/mol. The average molecular weight is 207 g/mol. The van der Waals surface area contributed by atoms with Gasteiger partial charge in [0.05, 0.1) is 12.3 Å². The third-order valence-electron chi connectivity index (χ3n) is 2.08. The highest BCUT2D eigenvalue weighted by atomic mass is 16.7. The van der Waals surface area contributed by atoms with Gasteiger partial charge in [0.1, 0.15) is 0 Å². The molecule has 0 N–H and O–H groups in total. The summed E-state index contributed by atoms with van der Waals surface area (Å²) < 4.78 is 0. The Labute approximate surface area is 90.6 Å². The zero-order valence-corrected chi connectivity index (χ0v) is 9.06. The molecule has 3 heteroatoms. The van der Waals surface area contributed by atoms with Crippen LogP contribution < -0.4 is 5.06 Å². The van der Waals surface area contributed by atoms with E-state index in [0.717, 1.165) is 24.9 Å². The van der Waals surface area contributed by atoms with E-state index < -0.39 is 0 Å². The molecule has 1 amide bonds. The number of hydrogen-bond acceptors (Lipinski definition) is 2. The Morgan fingerprint density at radius 3 is 2.60 bits per heavy atom. The number of hydrogen-bond donors (Lipinski definition) is 0. The van der Waals surface area contributed by atoms with Gasteiger partial charge in [0.15, 0.2) is 0 Å². The third-order valence-corrected chi connectivity index (χ3v) is 2.08. The molecule has 0 aliphatic carbocycles. The fraction of sp³-hybridized carbons (Fsp3) is 0.417. The summed E-state index contributed by atoms with van der Waals surface area (Å²) in [7, 11) is 0. The minimum Gasteiger partial charge on any atom is -0.276 e. The second kappa shape index (κ2) is 7.01. The van der Waals surface area contributed by atoms with Crippen molar-refractivity contribution in [3.8, 4) is 0 Å². The van der Waals surface area contributed by atoms with Crippen LogP contribution in [0.15, 0.2) is 30.3 Å². The van der Waals surface area contributed by atoms with Gasteiger partial charge in [-0.1, -0.05) is 38.0 Å². The van der Waals surface area contributed by atoms with E-state index in [2.05, 4.69) is 6.92 Å². The van der Waals surface area contributed by atoms with Gasteiger partial charge in [-0.15, -0.1) is 0 Å². The minimum atomic E-state index is 0.585. The van der Waals surface area contributed by atoms with Crippen LogP contribution in [0, 0.1) is 0 Å². The number of para-hydroxylation sites is 1. The fourth-order valence-electron chi connectivity index (χ4n) is 1.26. The Balaban J connectivity index is 2.39. The van der Waals surface area contributed by atoms with Gasteiger partial charge in [-0.25, -0.2) is 0 Å². The second-order valence-corrected chi connectivity index (χ2v) is 3.31. The van der Waals surface area contributed by atoms with Gasteiger partial charge in [-0.3, -0.25) is 9.63 Å². The summed E-state index contributed by atoms with van der Waals surface area (Å²) in [6.45, 7) is 2.72. The highest BCUT2D eigenvalue weighted by Crippen LogP contribution is 2.11. The van der Waals surface area contributed by atoms with Crippen LogP contribution in [0.5, 0.6) is 0 Å². The van der Waals surface area contributed by atoms with Crippen molar-refractivity contribution in [1.82, 2.24) is 0 Å². The van der Waals surface area contributed by atoms with E-state index in [-0.39, 0.29) is 0 Å². The van der Waals surface area contributed by atoms with Gasteiger partial charge in [-0.05, 0) is 18.6 Å². The molecule has 1 aromatic rings. The van der Waals surface area contributed by atoms with Crippen LogP contribution in [0.25, 0.3) is 0 Å². The lowest BCUT2D eigenvalue weighted by atomic mass is 10.3. The number of nitrogens with zero attached hydrogens (tertiary/aromatic N) is 1. The van der Waals surface area contributed by atoms with Crippen molar-refractivity contribution >= 4 is 12.1 Å². The van der Waals surface area contributed by atoms with E-state index >= 15 is 0 Å². The van der Waals surface area contributed by atoms with Crippen LogP contribution in [-0.2, 0) is 9.63 Å². The van der Waals surface area contributed by atoms with E-state index in [1.54, 1.807) is 0 Å². The predicted molar refractivity (Wildman–Crippen MR) is 60.5 cm³/mol. The summed E-state index contributed by atoms with van der Waals surface area (Å²) in [5.74, 6) is 0. The molecule has 3 nitrogen and oxygen atoms in total. The summed E-state index contributed by atoms with van der Waals surface area (Å²) in [6.07, 6.45) is 3.95. The van der Waals surface area contributed by atoms with Crippen LogP contribution in [0.4, 0.5) is 5.69 Å². The van der Waals surface area contributed by atoms with E-state index in [4.69, 9.17) is 4.84 Å². The first-order valence-corrected chi connectivity index (χ1v) is 5.31. The van der Waals surface area contributed by atoms with Crippen LogP contribution in [0.3, 0.4) is 0 Å². The van der Waals surface area contributed by atoms with Crippen molar-refractivity contribution in [2.75, 3.05) is 11.7 Å². The number of anilines is 1. The molecule has 0 aliphatic heterocycles. The number of carbonyl (C=O) groups excluding carboxylic acids is 1. The van der Waals surface area contributed by atoms with Gasteiger partial charge < -0.3 is 0 Å². The second-order valence-electron chi connectivity index (χ2n) is 3.31. The molecule has 0 spiro atoms. The molecule has 0 heterocycles. The first-order chi connectivity index (χ1) is 7.38. The van der Waals surface area contributed by atoms with Crippen molar-refractivity contribution in [3.05, 3.63) is 30.3 Å². The van der Waals surface area contributed by atoms with Crippen LogP contribution >= 0.6 is 0 Å². The minimum absolute atomic E-state index is 0.585. The van der Waals surface area contributed by atoms with E-state index in [1.807, 2.05) is 30.3 Å². The van der Waals surface area contributed by atoms with Crippen molar-refractivity contribution in [2.24, 2.45) is 0 Å². The number of benzene rings is 1. The Kier molecular flexibility index (Phi) is 5.48. The zero-order chi connectivity index (χ0) is 10.9. The Bertz CT molecular complexity index is 274. The van der Waals surface area contributed by atoms with E-state index in [0.29, 0.717) is 13.0 Å². The molecule has 0 aliphatic rings. The number of carbonyl (C=O) groups is 1. The first-order valence-electron chi connectivity index (χ1n) is 5.31. The van der Waals surface area contributed by atoms with Crippen LogP contribution in [-0.4, -0.2) is 13.0 Å². The highest BCUT2D eigenvalue weighted by Gasteiger charge is 2.03. The Morgan fingerprint density at radius 2 is 2.00 bits per heavy atom. The first kappa shape index (κ1) is 11.7. The third kappa shape index (κ3) is 4.13. The van der Waals surface area contributed by atoms with Crippen LogP contribution in [0.2, 0.25) is 0 Å². The molecule has 0 saturated carbocycles. The van der Waals surface area contributed by atoms with Crippen molar-refractivity contribution in [3.63, 3.8) is 0 Å². The number of amides is 1. The smallest absolute Gasteiger partial charge is 0.238 e. The summed E-state index contributed by atoms with van der Waals surface area (Å²) in [5, 5.41) is 1.27. The lowest BCUT2D eigenvalue weighted by molar-refractivity contribution is -0.114. The molecular formula is C12H17NO2. The lowest BCUT2D eigenvalue weighted by Gasteiger charge is -2.16. The monoisotopic (exact) mass is 207 g/mol. The van der Waals surface area contributed by atoms with Gasteiger partial charge in [0.2, 0.25) is 6.41 Å². The lowest BCUT2D eigenvalue weighted by Crippen LogP contribution is -2.21. The maximum Gasteiger partial charge on any atom is 0.238 e. The van der Waals surface area contributed by atoms with E-state index in [9.17, 15) is 4.79 Å². The predicted octanol–water partition coefficient (Wildman–Crippen LogP) is 2.77. The normalized spacial score (nSPS) is 9.93. The summed E-state index contributed by atoms with van der Waals surface area (Å²) in [4.78, 5) is 16.1. The number of hydroxylamine groups is 1. The number of unbranched alkanes of at least 4 members (excludes halogenated alkanes) is 2. The molecule has 0 atom stereocenters. The molecule has 0 unspecified atom stereocenters. The molecule has 0 bridgehead atoms. The highest BCUT2D eigenvalue weighted by molar-refractivity contribution is 5.71. The maximum absolute atomic E-state index is 10.8. The average Bonchev–Trinajstić information content (AvgIpc) is 2.30. The molecule has 15 heavy (non-hydrogen) atoms. The summed E-state index contributed by atoms with van der Waals surface area (Å²) in [5.41, 5.74) is 0.768. The molecule has 1 rings (SSSR count). The summed E-state index contributed by atoms with van der Waals surface area (Å²) in [6, 6.07) is 9.34. The molecule has 82 valence electrons. The molecule has 1 aromatic carbocycles. The summed E-state index contributed by atoms with van der Waals surface area (Å²) >= 11 is 0. The fourth-order valence-corrected chi connectivity index (χ4v) is 1.26. The van der Waals surface area contributed by atoms with E-state index in [1.165, 1.54) is 5.06 Å². The van der Waals surface area contributed by atoms with Crippen molar-refractivity contribution < 1.29 is 9.63 Å². The molecule has 0 radical (unpaired) electrons. The van der Waals surface area contributed by atoms with Gasteiger partial charge in [0.25, 0.3) is 0 Å². The maximum atomic E-state index is 10.8. The Morgan fingerprint density at radius 1 is 1.27 bits per heavy atom. The SMILES string of the molecule is CCCCCON(C=O)c1ccccc1. The zero-order valence-electron chi connectivity index (χ0n) is 9.06. The quantitative estimate of drug-likeness (QED) is 0.391. The molecule has 0 saturated heterocycles. The van der Waals surface area contributed by atoms with Gasteiger partial charge >= 0.3 is 0 Å². The van der Waals surface area contributed by atoms with Gasteiger partial charge in [-0.2, -0.15) is 5.06 Å². The standard InChI is InChI=1S/C12H17NO2/c1-2-3-7-10-15-13(11-14)12-8-5-4-6-9-12/h4-6,8-9,11H,2-3,7,10H2,1H3.